The van der Waals surface area contributed by atoms with E-state index in [9.17, 15) is 4.79 Å². The number of aromatic nitrogens is 1. The summed E-state index contributed by atoms with van der Waals surface area (Å²) in [4.78, 5) is 17.4. The van der Waals surface area contributed by atoms with Crippen molar-refractivity contribution < 1.29 is 14.3 Å². The van der Waals surface area contributed by atoms with Crippen LogP contribution in [-0.2, 0) is 27.9 Å². The Balaban J connectivity index is 1.78. The second-order valence-electron chi connectivity index (χ2n) is 6.95. The van der Waals surface area contributed by atoms with Crippen LogP contribution in [0.25, 0.3) is 0 Å². The minimum absolute atomic E-state index is 0.157. The SMILES string of the molecule is CCOC(=O)C(c1ccc(CN2CCCCC2)n1C)N1CCOCC1. The van der Waals surface area contributed by atoms with E-state index in [1.807, 2.05) is 6.92 Å². The number of nitrogens with zero attached hydrogens (tertiary/aromatic N) is 3. The molecule has 0 saturated carbocycles. The summed E-state index contributed by atoms with van der Waals surface area (Å²) in [6, 6.07) is 3.91. The lowest BCUT2D eigenvalue weighted by Crippen LogP contribution is -2.43. The molecule has 6 nitrogen and oxygen atoms in total. The highest BCUT2D eigenvalue weighted by atomic mass is 16.5. The summed E-state index contributed by atoms with van der Waals surface area (Å²) in [6.45, 7) is 8.42. The molecule has 0 spiro atoms. The van der Waals surface area contributed by atoms with Crippen LogP contribution >= 0.6 is 0 Å². The van der Waals surface area contributed by atoms with Crippen molar-refractivity contribution in [2.24, 2.45) is 7.05 Å². The molecule has 1 aromatic heterocycles. The molecule has 140 valence electrons. The van der Waals surface area contributed by atoms with Crippen LogP contribution in [0.3, 0.4) is 0 Å². The van der Waals surface area contributed by atoms with Crippen LogP contribution in [0.4, 0.5) is 0 Å². The Hall–Kier alpha value is -1.37. The van der Waals surface area contributed by atoms with Gasteiger partial charge in [-0.1, -0.05) is 6.42 Å². The zero-order chi connectivity index (χ0) is 17.6. The normalized spacial score (nSPS) is 21.2. The smallest absolute Gasteiger partial charge is 0.329 e. The molecule has 3 heterocycles. The van der Waals surface area contributed by atoms with Gasteiger partial charge in [-0.3, -0.25) is 9.80 Å². The van der Waals surface area contributed by atoms with Crippen molar-refractivity contribution in [1.29, 1.82) is 0 Å². The van der Waals surface area contributed by atoms with Gasteiger partial charge in [0.25, 0.3) is 0 Å². The molecule has 2 saturated heterocycles. The van der Waals surface area contributed by atoms with Crippen LogP contribution in [0.2, 0.25) is 0 Å². The van der Waals surface area contributed by atoms with E-state index in [1.165, 1.54) is 38.0 Å². The maximum atomic E-state index is 12.7. The van der Waals surface area contributed by atoms with E-state index in [-0.39, 0.29) is 12.0 Å². The number of hydrogen-bond acceptors (Lipinski definition) is 5. The topological polar surface area (TPSA) is 46.9 Å². The van der Waals surface area contributed by atoms with Crippen molar-refractivity contribution in [3.05, 3.63) is 23.5 Å². The molecule has 1 unspecified atom stereocenters. The maximum absolute atomic E-state index is 12.7. The van der Waals surface area contributed by atoms with Gasteiger partial charge in [-0.2, -0.15) is 0 Å². The molecule has 0 amide bonds. The fourth-order valence-corrected chi connectivity index (χ4v) is 3.86. The van der Waals surface area contributed by atoms with E-state index < -0.39 is 0 Å². The van der Waals surface area contributed by atoms with Crippen LogP contribution in [0, 0.1) is 0 Å². The minimum Gasteiger partial charge on any atom is -0.465 e. The Morgan fingerprint density at radius 1 is 1.16 bits per heavy atom. The van der Waals surface area contributed by atoms with Crippen LogP contribution in [0.1, 0.15) is 43.6 Å². The summed E-state index contributed by atoms with van der Waals surface area (Å²) in [5, 5.41) is 0. The molecule has 3 rings (SSSR count). The first-order chi connectivity index (χ1) is 12.2. The van der Waals surface area contributed by atoms with Crippen LogP contribution in [0.15, 0.2) is 12.1 Å². The average molecular weight is 349 g/mol. The van der Waals surface area contributed by atoms with Crippen LogP contribution in [0.5, 0.6) is 0 Å². The fourth-order valence-electron chi connectivity index (χ4n) is 3.86. The highest BCUT2D eigenvalue weighted by Gasteiger charge is 2.32. The lowest BCUT2D eigenvalue weighted by atomic mass is 10.1. The van der Waals surface area contributed by atoms with Gasteiger partial charge < -0.3 is 14.0 Å². The van der Waals surface area contributed by atoms with E-state index in [0.29, 0.717) is 19.8 Å². The van der Waals surface area contributed by atoms with Crippen molar-refractivity contribution in [2.45, 2.75) is 38.8 Å². The number of morpholine rings is 1. The molecule has 1 aromatic rings. The van der Waals surface area contributed by atoms with Crippen LogP contribution < -0.4 is 0 Å². The number of likely N-dealkylation sites (tertiary alicyclic amines) is 1. The molecule has 2 aliphatic rings. The quantitative estimate of drug-likeness (QED) is 0.735. The molecule has 25 heavy (non-hydrogen) atoms. The standard InChI is InChI=1S/C19H31N3O3/c1-3-25-19(23)18(22-11-13-24-14-12-22)17-8-7-16(20(17)2)15-21-9-5-4-6-10-21/h7-8,18H,3-6,9-15H2,1-2H3. The molecule has 6 heteroatoms. The summed E-state index contributed by atoms with van der Waals surface area (Å²) in [5.74, 6) is -0.157. The Labute approximate surface area is 150 Å². The lowest BCUT2D eigenvalue weighted by Gasteiger charge is -2.33. The van der Waals surface area contributed by atoms with Gasteiger partial charge in [-0.05, 0) is 45.0 Å². The lowest BCUT2D eigenvalue weighted by molar-refractivity contribution is -0.152. The molecule has 1 atom stereocenters. The van der Waals surface area contributed by atoms with E-state index in [0.717, 1.165) is 25.3 Å². The van der Waals surface area contributed by atoms with Gasteiger partial charge in [0.1, 0.15) is 6.04 Å². The van der Waals surface area contributed by atoms with Crippen molar-refractivity contribution in [1.82, 2.24) is 14.4 Å². The number of carbonyl (C=O) groups is 1. The second kappa shape index (κ2) is 8.83. The van der Waals surface area contributed by atoms with Gasteiger partial charge in [-0.25, -0.2) is 4.79 Å². The molecule has 0 aliphatic carbocycles. The number of rotatable bonds is 6. The Morgan fingerprint density at radius 3 is 2.56 bits per heavy atom. The predicted molar refractivity (Wildman–Crippen MR) is 96.3 cm³/mol. The molecule has 2 fully saturated rings. The predicted octanol–water partition coefficient (Wildman–Crippen LogP) is 1.95. The summed E-state index contributed by atoms with van der Waals surface area (Å²) in [7, 11) is 2.07. The third-order valence-electron chi connectivity index (χ3n) is 5.30. The van der Waals surface area contributed by atoms with Gasteiger partial charge in [0.15, 0.2) is 0 Å². The highest BCUT2D eigenvalue weighted by molar-refractivity contribution is 5.77. The zero-order valence-corrected chi connectivity index (χ0v) is 15.6. The first-order valence-electron chi connectivity index (χ1n) is 9.56. The summed E-state index contributed by atoms with van der Waals surface area (Å²) < 4.78 is 13.0. The van der Waals surface area contributed by atoms with E-state index in [4.69, 9.17) is 9.47 Å². The van der Waals surface area contributed by atoms with Gasteiger partial charge in [0, 0.05) is 38.1 Å². The number of piperidine rings is 1. The molecular weight excluding hydrogens is 318 g/mol. The maximum Gasteiger partial charge on any atom is 0.329 e. The number of ether oxygens (including phenoxy) is 2. The zero-order valence-electron chi connectivity index (χ0n) is 15.6. The Bertz CT molecular complexity index is 560. The molecule has 0 radical (unpaired) electrons. The summed E-state index contributed by atoms with van der Waals surface area (Å²) in [6.07, 6.45) is 3.92. The minimum atomic E-state index is -0.344. The van der Waals surface area contributed by atoms with Crippen molar-refractivity contribution in [3.8, 4) is 0 Å². The van der Waals surface area contributed by atoms with Crippen LogP contribution in [-0.4, -0.2) is 66.3 Å². The van der Waals surface area contributed by atoms with Crippen molar-refractivity contribution in [2.75, 3.05) is 46.0 Å². The third kappa shape index (κ3) is 4.43. The third-order valence-corrected chi connectivity index (χ3v) is 5.30. The van der Waals surface area contributed by atoms with Gasteiger partial charge in [0.05, 0.1) is 19.8 Å². The fraction of sp³-hybridized carbons (Fsp3) is 0.737. The highest BCUT2D eigenvalue weighted by Crippen LogP contribution is 2.26. The Morgan fingerprint density at radius 2 is 1.88 bits per heavy atom. The molecule has 0 bridgehead atoms. The second-order valence-corrected chi connectivity index (χ2v) is 6.95. The van der Waals surface area contributed by atoms with Gasteiger partial charge in [-0.15, -0.1) is 0 Å². The summed E-state index contributed by atoms with van der Waals surface area (Å²) >= 11 is 0. The van der Waals surface area contributed by atoms with Crippen molar-refractivity contribution in [3.63, 3.8) is 0 Å². The number of hydrogen-bond donors (Lipinski definition) is 0. The molecular formula is C19H31N3O3. The van der Waals surface area contributed by atoms with Crippen molar-refractivity contribution >= 4 is 5.97 Å². The summed E-state index contributed by atoms with van der Waals surface area (Å²) in [5.41, 5.74) is 2.28. The number of carbonyl (C=O) groups excluding carboxylic acids is 1. The average Bonchev–Trinajstić information content (AvgIpc) is 2.98. The van der Waals surface area contributed by atoms with Gasteiger partial charge in [0.2, 0.25) is 0 Å². The monoisotopic (exact) mass is 349 g/mol. The van der Waals surface area contributed by atoms with E-state index in [1.54, 1.807) is 0 Å². The first-order valence-corrected chi connectivity index (χ1v) is 9.56. The molecule has 2 aliphatic heterocycles. The first kappa shape index (κ1) is 18.4. The molecule has 0 N–H and O–H groups in total. The Kier molecular flexibility index (Phi) is 6.51. The van der Waals surface area contributed by atoms with E-state index >= 15 is 0 Å². The van der Waals surface area contributed by atoms with E-state index in [2.05, 4.69) is 33.5 Å². The van der Waals surface area contributed by atoms with Gasteiger partial charge >= 0.3 is 5.97 Å². The largest absolute Gasteiger partial charge is 0.465 e. The number of esters is 1. The molecule has 0 aromatic carbocycles.